The van der Waals surface area contributed by atoms with Crippen molar-refractivity contribution in [2.24, 2.45) is 4.99 Å². The summed E-state index contributed by atoms with van der Waals surface area (Å²) in [5.41, 5.74) is 1.01. The van der Waals surface area contributed by atoms with Gasteiger partial charge in [-0.15, -0.1) is 30.4 Å². The smallest absolute Gasteiger partial charge is 0.191 e. The lowest BCUT2D eigenvalue weighted by molar-refractivity contribution is 0.215. The maximum absolute atomic E-state index is 5.72. The van der Waals surface area contributed by atoms with Crippen LogP contribution in [-0.2, 0) is 6.54 Å². The Kier molecular flexibility index (Phi) is 11.2. The summed E-state index contributed by atoms with van der Waals surface area (Å²) < 4.78 is 16.7. The van der Waals surface area contributed by atoms with E-state index in [2.05, 4.69) is 28.4 Å². The van der Waals surface area contributed by atoms with Gasteiger partial charge in [0.1, 0.15) is 12.4 Å². The highest BCUT2D eigenvalue weighted by Crippen LogP contribution is 2.28. The first kappa shape index (κ1) is 25.9. The molecular formula is C24H33IN4O3. The standard InChI is InChI=1S/C24H32N4O3.HI/c1-4-14-30-23-16-19(10-11-22(23)29-3)17-26-24(25-5-2)27-18-20(21-9-8-15-31-21)28-12-6-7-13-28;/h1,8-11,15-16,20H,5-7,12-14,17-18H2,2-3H3,(H2,25,26,27);1H. The van der Waals surface area contributed by atoms with Gasteiger partial charge in [-0.1, -0.05) is 12.0 Å². The highest BCUT2D eigenvalue weighted by Gasteiger charge is 2.25. The molecule has 3 rings (SSSR count). The molecule has 7 nitrogen and oxygen atoms in total. The van der Waals surface area contributed by atoms with E-state index in [1.807, 2.05) is 30.3 Å². The Morgan fingerprint density at radius 2 is 2.06 bits per heavy atom. The van der Waals surface area contributed by atoms with Gasteiger partial charge in [-0.3, -0.25) is 4.90 Å². The van der Waals surface area contributed by atoms with E-state index in [4.69, 9.17) is 25.3 Å². The first-order valence-corrected chi connectivity index (χ1v) is 10.8. The summed E-state index contributed by atoms with van der Waals surface area (Å²) in [4.78, 5) is 7.22. The van der Waals surface area contributed by atoms with Crippen LogP contribution in [0.4, 0.5) is 0 Å². The number of hydrogen-bond donors (Lipinski definition) is 2. The number of nitrogens with zero attached hydrogens (tertiary/aromatic N) is 2. The van der Waals surface area contributed by atoms with Gasteiger partial charge in [0.05, 0.1) is 26.0 Å². The van der Waals surface area contributed by atoms with Crippen molar-refractivity contribution in [3.8, 4) is 23.8 Å². The van der Waals surface area contributed by atoms with Crippen LogP contribution in [0, 0.1) is 12.3 Å². The minimum absolute atomic E-state index is 0. The van der Waals surface area contributed by atoms with Gasteiger partial charge >= 0.3 is 0 Å². The van der Waals surface area contributed by atoms with Gasteiger partial charge in [-0.25, -0.2) is 4.99 Å². The molecule has 2 heterocycles. The molecule has 0 saturated carbocycles. The number of furan rings is 1. The van der Waals surface area contributed by atoms with Crippen LogP contribution >= 0.6 is 24.0 Å². The summed E-state index contributed by atoms with van der Waals surface area (Å²) in [6.07, 6.45) is 9.51. The lowest BCUT2D eigenvalue weighted by Gasteiger charge is -2.26. The van der Waals surface area contributed by atoms with E-state index in [-0.39, 0.29) is 36.6 Å². The molecule has 1 aliphatic heterocycles. The molecule has 2 N–H and O–H groups in total. The third-order valence-electron chi connectivity index (χ3n) is 5.22. The molecule has 174 valence electrons. The van der Waals surface area contributed by atoms with Gasteiger partial charge in [0.2, 0.25) is 0 Å². The number of rotatable bonds is 10. The van der Waals surface area contributed by atoms with E-state index >= 15 is 0 Å². The van der Waals surface area contributed by atoms with Crippen LogP contribution < -0.4 is 20.1 Å². The second kappa shape index (κ2) is 13.9. The fourth-order valence-electron chi connectivity index (χ4n) is 3.70. The number of ether oxygens (including phenoxy) is 2. The molecule has 1 unspecified atom stereocenters. The average molecular weight is 552 g/mol. The number of aliphatic imine (C=N–C) groups is 1. The lowest BCUT2D eigenvalue weighted by Crippen LogP contribution is -2.42. The van der Waals surface area contributed by atoms with Crippen molar-refractivity contribution in [3.05, 3.63) is 47.9 Å². The van der Waals surface area contributed by atoms with Gasteiger partial charge < -0.3 is 24.5 Å². The topological polar surface area (TPSA) is 71.3 Å². The monoisotopic (exact) mass is 552 g/mol. The Bertz CT molecular complexity index is 874. The van der Waals surface area contributed by atoms with Gasteiger partial charge in [0.25, 0.3) is 0 Å². The number of guanidine groups is 1. The molecule has 1 aromatic heterocycles. The van der Waals surface area contributed by atoms with E-state index in [9.17, 15) is 0 Å². The number of hydrogen-bond acceptors (Lipinski definition) is 5. The van der Waals surface area contributed by atoms with Crippen LogP contribution in [0.2, 0.25) is 0 Å². The van der Waals surface area contributed by atoms with Crippen molar-refractivity contribution < 1.29 is 13.9 Å². The highest BCUT2D eigenvalue weighted by atomic mass is 127. The Morgan fingerprint density at radius 1 is 1.25 bits per heavy atom. The van der Waals surface area contributed by atoms with Crippen LogP contribution in [0.5, 0.6) is 11.5 Å². The van der Waals surface area contributed by atoms with Gasteiger partial charge in [-0.05, 0) is 62.7 Å². The minimum atomic E-state index is 0. The molecule has 1 fully saturated rings. The van der Waals surface area contributed by atoms with Gasteiger partial charge in [0, 0.05) is 13.1 Å². The van der Waals surface area contributed by atoms with Crippen LogP contribution in [0.3, 0.4) is 0 Å². The van der Waals surface area contributed by atoms with Crippen molar-refractivity contribution in [2.75, 3.05) is 39.9 Å². The lowest BCUT2D eigenvalue weighted by atomic mass is 10.2. The normalized spacial score (nSPS) is 14.8. The first-order valence-electron chi connectivity index (χ1n) is 10.8. The molecule has 0 radical (unpaired) electrons. The Morgan fingerprint density at radius 3 is 2.72 bits per heavy atom. The largest absolute Gasteiger partial charge is 0.493 e. The number of nitrogens with one attached hydrogen (secondary N) is 2. The fraction of sp³-hybridized carbons (Fsp3) is 0.458. The van der Waals surface area contributed by atoms with E-state index in [1.54, 1.807) is 13.4 Å². The number of halogens is 1. The molecule has 0 bridgehead atoms. The number of methoxy groups -OCH3 is 1. The number of terminal acetylenes is 1. The maximum Gasteiger partial charge on any atom is 0.191 e. The third kappa shape index (κ3) is 7.35. The molecule has 1 saturated heterocycles. The number of likely N-dealkylation sites (tertiary alicyclic amines) is 1. The van der Waals surface area contributed by atoms with Crippen molar-refractivity contribution in [3.63, 3.8) is 0 Å². The zero-order chi connectivity index (χ0) is 21.9. The Balaban J connectivity index is 0.00000363. The second-order valence-corrected chi connectivity index (χ2v) is 7.33. The molecule has 8 heteroatoms. The third-order valence-corrected chi connectivity index (χ3v) is 5.22. The molecule has 1 atom stereocenters. The summed E-state index contributed by atoms with van der Waals surface area (Å²) in [5, 5.41) is 6.81. The number of benzene rings is 1. The van der Waals surface area contributed by atoms with Crippen molar-refractivity contribution >= 4 is 29.9 Å². The summed E-state index contributed by atoms with van der Waals surface area (Å²) in [5.74, 6) is 5.50. The Hall–Kier alpha value is -2.38. The maximum atomic E-state index is 5.72. The minimum Gasteiger partial charge on any atom is -0.493 e. The predicted octanol–water partition coefficient (Wildman–Crippen LogP) is 3.81. The summed E-state index contributed by atoms with van der Waals surface area (Å²) in [6.45, 7) is 6.43. The van der Waals surface area contributed by atoms with Crippen molar-refractivity contribution in [1.29, 1.82) is 0 Å². The molecule has 0 spiro atoms. The van der Waals surface area contributed by atoms with Crippen LogP contribution in [0.1, 0.15) is 37.1 Å². The molecule has 0 aliphatic carbocycles. The van der Waals surface area contributed by atoms with Crippen LogP contribution in [0.25, 0.3) is 0 Å². The second-order valence-electron chi connectivity index (χ2n) is 7.33. The zero-order valence-corrected chi connectivity index (χ0v) is 21.1. The highest BCUT2D eigenvalue weighted by molar-refractivity contribution is 14.0. The van der Waals surface area contributed by atoms with Crippen molar-refractivity contribution in [1.82, 2.24) is 15.5 Å². The quantitative estimate of drug-likeness (QED) is 0.202. The Labute approximate surface area is 208 Å². The van der Waals surface area contributed by atoms with Crippen LogP contribution in [0.15, 0.2) is 46.0 Å². The molecule has 0 amide bonds. The van der Waals surface area contributed by atoms with Gasteiger partial charge in [0.15, 0.2) is 17.5 Å². The zero-order valence-electron chi connectivity index (χ0n) is 18.8. The van der Waals surface area contributed by atoms with E-state index in [1.165, 1.54) is 12.8 Å². The molecule has 32 heavy (non-hydrogen) atoms. The SMILES string of the molecule is C#CCOc1cc(CN=C(NCC)NCC(c2ccco2)N2CCCC2)ccc1OC.I. The summed E-state index contributed by atoms with van der Waals surface area (Å²) >= 11 is 0. The average Bonchev–Trinajstić information content (AvgIpc) is 3.51. The molecule has 1 aliphatic rings. The van der Waals surface area contributed by atoms with Gasteiger partial charge in [-0.2, -0.15) is 0 Å². The summed E-state index contributed by atoms with van der Waals surface area (Å²) in [7, 11) is 1.61. The van der Waals surface area contributed by atoms with E-state index in [0.29, 0.717) is 18.0 Å². The van der Waals surface area contributed by atoms with Crippen LogP contribution in [-0.4, -0.2) is 50.8 Å². The fourth-order valence-corrected chi connectivity index (χ4v) is 3.70. The summed E-state index contributed by atoms with van der Waals surface area (Å²) in [6, 6.07) is 9.94. The van der Waals surface area contributed by atoms with Crippen molar-refractivity contribution in [2.45, 2.75) is 32.4 Å². The molecular weight excluding hydrogens is 519 g/mol. The first-order chi connectivity index (χ1) is 15.2. The van der Waals surface area contributed by atoms with E-state index < -0.39 is 0 Å². The molecule has 1 aromatic carbocycles. The van der Waals surface area contributed by atoms with E-state index in [0.717, 1.165) is 43.5 Å². The molecule has 2 aromatic rings. The predicted molar refractivity (Wildman–Crippen MR) is 138 cm³/mol.